The van der Waals surface area contributed by atoms with E-state index in [4.69, 9.17) is 20.6 Å². The van der Waals surface area contributed by atoms with Gasteiger partial charge in [0.25, 0.3) is 0 Å². The Kier molecular flexibility index (Phi) is 8.74. The molecule has 2 heterocycles. The summed E-state index contributed by atoms with van der Waals surface area (Å²) in [6, 6.07) is 7.96. The summed E-state index contributed by atoms with van der Waals surface area (Å²) in [6.07, 6.45) is -1.42. The molecule has 0 saturated carbocycles. The summed E-state index contributed by atoms with van der Waals surface area (Å²) in [4.78, 5) is 12.1. The normalized spacial score (nSPS) is 18.1. The average Bonchev–Trinajstić information content (AvgIpc) is 3.26. The molecule has 4 rings (SSSR count). The van der Waals surface area contributed by atoms with E-state index in [-0.39, 0.29) is 35.9 Å². The van der Waals surface area contributed by atoms with E-state index in [1.807, 2.05) is 0 Å². The van der Waals surface area contributed by atoms with Gasteiger partial charge in [-0.1, -0.05) is 30.4 Å². The number of rotatable bonds is 9. The summed E-state index contributed by atoms with van der Waals surface area (Å²) in [5.41, 5.74) is 5.15. The Hall–Kier alpha value is -3.58. The highest BCUT2D eigenvalue weighted by Crippen LogP contribution is 2.48. The van der Waals surface area contributed by atoms with Crippen LogP contribution in [0.1, 0.15) is 42.0 Å². The Morgan fingerprint density at radius 2 is 1.95 bits per heavy atom. The molecule has 4 N–H and O–H groups in total. The molecule has 2 aromatic carbocycles. The number of nitrogen functional groups attached to an aromatic ring is 1. The molecule has 1 fully saturated rings. The molecule has 1 unspecified atom stereocenters. The maximum Gasteiger partial charge on any atom is 0.420 e. The SMILES string of the molecule is CCOC(=O)CS(=O)(=O)N1c2ccc(OC3CCNCC3)c(C(F)(F)F)c2CC1/C=C/c1cccc(C(=N)N)c1. The van der Waals surface area contributed by atoms with Gasteiger partial charge in [0.15, 0.2) is 5.75 Å². The zero-order chi connectivity index (χ0) is 29.1. The van der Waals surface area contributed by atoms with E-state index in [2.05, 4.69) is 5.32 Å². The summed E-state index contributed by atoms with van der Waals surface area (Å²) < 4.78 is 81.9. The van der Waals surface area contributed by atoms with Crippen molar-refractivity contribution in [3.63, 3.8) is 0 Å². The number of ether oxygens (including phenoxy) is 2. The molecule has 0 amide bonds. The molecule has 0 spiro atoms. The Morgan fingerprint density at radius 3 is 2.60 bits per heavy atom. The summed E-state index contributed by atoms with van der Waals surface area (Å²) in [6.45, 7) is 2.72. The van der Waals surface area contributed by atoms with Gasteiger partial charge in [0.1, 0.15) is 23.3 Å². The van der Waals surface area contributed by atoms with E-state index >= 15 is 0 Å². The first-order valence-electron chi connectivity index (χ1n) is 12.8. The van der Waals surface area contributed by atoms with Crippen molar-refractivity contribution in [2.24, 2.45) is 5.73 Å². The first kappa shape index (κ1) is 29.4. The molecule has 13 heteroatoms. The lowest BCUT2D eigenvalue weighted by atomic mass is 10.0. The minimum Gasteiger partial charge on any atom is -0.490 e. The molecule has 0 bridgehead atoms. The minimum absolute atomic E-state index is 0.0453. The number of sulfonamides is 1. The van der Waals surface area contributed by atoms with Crippen molar-refractivity contribution < 1.29 is 35.9 Å². The predicted octanol–water partition coefficient (Wildman–Crippen LogP) is 3.46. The van der Waals surface area contributed by atoms with Gasteiger partial charge < -0.3 is 20.5 Å². The predicted molar refractivity (Wildman–Crippen MR) is 145 cm³/mol. The van der Waals surface area contributed by atoms with Gasteiger partial charge in [0.2, 0.25) is 10.0 Å². The third-order valence-corrected chi connectivity index (χ3v) is 8.35. The molecule has 1 saturated heterocycles. The lowest BCUT2D eigenvalue weighted by Crippen LogP contribution is -2.40. The lowest BCUT2D eigenvalue weighted by Gasteiger charge is -2.27. The van der Waals surface area contributed by atoms with Crippen molar-refractivity contribution in [2.45, 2.75) is 44.5 Å². The van der Waals surface area contributed by atoms with Crippen molar-refractivity contribution in [1.29, 1.82) is 5.41 Å². The molecule has 1 atom stereocenters. The number of piperidine rings is 1. The quantitative estimate of drug-likeness (QED) is 0.235. The molecular weight excluding hydrogens is 549 g/mol. The molecular formula is C27H31F3N4O5S. The number of nitrogens with one attached hydrogen (secondary N) is 2. The van der Waals surface area contributed by atoms with E-state index in [9.17, 15) is 26.4 Å². The number of alkyl halides is 3. The number of carbonyl (C=O) groups excluding carboxylic acids is 1. The number of fused-ring (bicyclic) bond motifs is 1. The van der Waals surface area contributed by atoms with Crippen molar-refractivity contribution in [3.8, 4) is 5.75 Å². The number of hydrogen-bond acceptors (Lipinski definition) is 7. The number of amidine groups is 1. The van der Waals surface area contributed by atoms with Gasteiger partial charge in [0.05, 0.1) is 18.3 Å². The first-order valence-corrected chi connectivity index (χ1v) is 14.4. The van der Waals surface area contributed by atoms with Crippen LogP contribution in [0.5, 0.6) is 5.75 Å². The van der Waals surface area contributed by atoms with Crippen LogP contribution in [0.4, 0.5) is 18.9 Å². The molecule has 2 aliphatic heterocycles. The molecule has 216 valence electrons. The standard InChI is InChI=1S/C27H31F3N4O5S/c1-2-38-24(35)16-40(36,37)34-19(7-6-17-4-3-5-18(14-17)26(31)32)15-21-22(34)8-9-23(25(21)27(28,29)30)39-20-10-12-33-13-11-20/h3-9,14,19-20,33H,2,10-13,15-16H2,1H3,(H3,31,32)/b7-6+. The van der Waals surface area contributed by atoms with Crippen LogP contribution < -0.4 is 20.1 Å². The number of nitrogens with two attached hydrogens (primary N) is 1. The number of anilines is 1. The van der Waals surface area contributed by atoms with Gasteiger partial charge in [-0.3, -0.25) is 14.5 Å². The fourth-order valence-electron chi connectivity index (χ4n) is 4.96. The Morgan fingerprint density at radius 1 is 1.23 bits per heavy atom. The fraction of sp³-hybridized carbons (Fsp3) is 0.407. The third-order valence-electron chi connectivity index (χ3n) is 6.68. The summed E-state index contributed by atoms with van der Waals surface area (Å²) in [5.74, 6) is -2.55. The Bertz CT molecular complexity index is 1410. The van der Waals surface area contributed by atoms with Crippen molar-refractivity contribution in [2.75, 3.05) is 29.8 Å². The summed E-state index contributed by atoms with van der Waals surface area (Å²) >= 11 is 0. The van der Waals surface area contributed by atoms with Gasteiger partial charge in [-0.05, 0) is 62.2 Å². The molecule has 2 aromatic rings. The molecule has 0 radical (unpaired) electrons. The minimum atomic E-state index is -4.82. The lowest BCUT2D eigenvalue weighted by molar-refractivity contribution is -0.140. The number of benzene rings is 2. The first-order chi connectivity index (χ1) is 18.9. The summed E-state index contributed by atoms with van der Waals surface area (Å²) in [5, 5.41) is 10.8. The average molecular weight is 581 g/mol. The van der Waals surface area contributed by atoms with Gasteiger partial charge in [-0.2, -0.15) is 13.2 Å². The van der Waals surface area contributed by atoms with Crippen LogP contribution in [-0.2, 0) is 32.2 Å². The number of esters is 1. The van der Waals surface area contributed by atoms with Crippen molar-refractivity contribution in [3.05, 3.63) is 64.7 Å². The molecule has 0 aromatic heterocycles. The van der Waals surface area contributed by atoms with Gasteiger partial charge in [-0.15, -0.1) is 0 Å². The zero-order valence-electron chi connectivity index (χ0n) is 21.8. The largest absolute Gasteiger partial charge is 0.490 e. The second-order valence-corrected chi connectivity index (χ2v) is 11.4. The fourth-order valence-corrected chi connectivity index (χ4v) is 6.50. The van der Waals surface area contributed by atoms with Crippen molar-refractivity contribution in [1.82, 2.24) is 5.32 Å². The van der Waals surface area contributed by atoms with Gasteiger partial charge in [0, 0.05) is 12.0 Å². The number of hydrogen-bond donors (Lipinski definition) is 3. The van der Waals surface area contributed by atoms with Crippen LogP contribution in [0.3, 0.4) is 0 Å². The maximum absolute atomic E-state index is 14.5. The Balaban J connectivity index is 1.78. The van der Waals surface area contributed by atoms with E-state index in [0.717, 1.165) is 10.4 Å². The second-order valence-electron chi connectivity index (χ2n) is 9.53. The highest BCUT2D eigenvalue weighted by atomic mass is 32.2. The number of halogens is 3. The van der Waals surface area contributed by atoms with E-state index in [1.165, 1.54) is 19.1 Å². The zero-order valence-corrected chi connectivity index (χ0v) is 22.6. The third kappa shape index (κ3) is 6.58. The van der Waals surface area contributed by atoms with E-state index in [1.54, 1.807) is 30.3 Å². The van der Waals surface area contributed by atoms with E-state index in [0.29, 0.717) is 37.1 Å². The highest BCUT2D eigenvalue weighted by molar-refractivity contribution is 7.93. The smallest absolute Gasteiger partial charge is 0.420 e. The van der Waals surface area contributed by atoms with Crippen LogP contribution in [-0.4, -0.2) is 57.8 Å². The number of nitrogens with zero attached hydrogens (tertiary/aromatic N) is 1. The van der Waals surface area contributed by atoms with Gasteiger partial charge in [-0.25, -0.2) is 8.42 Å². The number of carbonyl (C=O) groups is 1. The highest BCUT2D eigenvalue weighted by Gasteiger charge is 2.46. The van der Waals surface area contributed by atoms with Crippen LogP contribution >= 0.6 is 0 Å². The van der Waals surface area contributed by atoms with Crippen LogP contribution in [0.25, 0.3) is 6.08 Å². The summed E-state index contributed by atoms with van der Waals surface area (Å²) in [7, 11) is -4.44. The maximum atomic E-state index is 14.5. The van der Waals surface area contributed by atoms with Crippen LogP contribution in [0.2, 0.25) is 0 Å². The van der Waals surface area contributed by atoms with Crippen molar-refractivity contribution >= 4 is 33.6 Å². The van der Waals surface area contributed by atoms with Crippen LogP contribution in [0.15, 0.2) is 42.5 Å². The molecule has 0 aliphatic carbocycles. The van der Waals surface area contributed by atoms with E-state index < -0.39 is 45.6 Å². The molecule has 40 heavy (non-hydrogen) atoms. The molecule has 9 nitrogen and oxygen atoms in total. The Labute approximate surface area is 230 Å². The second kappa shape index (κ2) is 11.9. The monoisotopic (exact) mass is 580 g/mol. The molecule has 2 aliphatic rings. The topological polar surface area (TPSA) is 135 Å². The van der Waals surface area contributed by atoms with Gasteiger partial charge >= 0.3 is 12.1 Å². The van der Waals surface area contributed by atoms with Crippen LogP contribution in [0, 0.1) is 5.41 Å².